The number of imidazole rings is 1. The molecule has 208 valence electrons. The number of para-hydroxylation sites is 1. The van der Waals surface area contributed by atoms with E-state index in [1.54, 1.807) is 7.11 Å². The zero-order valence-corrected chi connectivity index (χ0v) is 23.8. The summed E-state index contributed by atoms with van der Waals surface area (Å²) in [5.74, 6) is 1.53. The first-order valence-electron chi connectivity index (χ1n) is 13.6. The van der Waals surface area contributed by atoms with Gasteiger partial charge >= 0.3 is 0 Å². The Labute approximate surface area is 225 Å². The van der Waals surface area contributed by atoms with Crippen LogP contribution in [0.1, 0.15) is 58.7 Å². The molecule has 1 saturated carbocycles. The highest BCUT2D eigenvalue weighted by molar-refractivity contribution is 7.89. The second kappa shape index (κ2) is 11.7. The number of nitrogens with zero attached hydrogens (tertiary/aromatic N) is 3. The Morgan fingerprint density at radius 2 is 2.00 bits per heavy atom. The fourth-order valence-corrected chi connectivity index (χ4v) is 7.61. The third-order valence-corrected chi connectivity index (χ3v) is 9.61. The number of nitrogen functional groups attached to an aromatic ring is 1. The number of nitrogens with two attached hydrogens (primary N) is 1. The fourth-order valence-electron chi connectivity index (χ4n) is 5.74. The van der Waals surface area contributed by atoms with Crippen LogP contribution in [0.15, 0.2) is 24.3 Å². The van der Waals surface area contributed by atoms with Crippen molar-refractivity contribution in [3.63, 3.8) is 0 Å². The topological polar surface area (TPSA) is 129 Å². The van der Waals surface area contributed by atoms with Crippen LogP contribution in [-0.4, -0.2) is 54.8 Å². The lowest BCUT2D eigenvalue weighted by Crippen LogP contribution is -2.48. The van der Waals surface area contributed by atoms with Crippen molar-refractivity contribution in [3.8, 4) is 0 Å². The van der Waals surface area contributed by atoms with Crippen molar-refractivity contribution < 1.29 is 17.9 Å². The van der Waals surface area contributed by atoms with Gasteiger partial charge in [-0.05, 0) is 43.6 Å². The zero-order valence-electron chi connectivity index (χ0n) is 23.0. The first kappa shape index (κ1) is 28.4. The monoisotopic (exact) mass is 543 g/mol. The van der Waals surface area contributed by atoms with Crippen LogP contribution in [0.3, 0.4) is 0 Å². The van der Waals surface area contributed by atoms with E-state index in [0.29, 0.717) is 62.6 Å². The van der Waals surface area contributed by atoms with Crippen molar-refractivity contribution in [2.24, 2.45) is 17.3 Å². The minimum atomic E-state index is -3.59. The predicted octanol–water partition coefficient (Wildman–Crippen LogP) is 4.09. The van der Waals surface area contributed by atoms with Gasteiger partial charge in [-0.25, -0.2) is 23.1 Å². The molecule has 1 fully saturated rings. The maximum Gasteiger partial charge on any atom is 0.212 e. The molecule has 0 aliphatic heterocycles. The summed E-state index contributed by atoms with van der Waals surface area (Å²) in [4.78, 5) is 22.3. The van der Waals surface area contributed by atoms with E-state index in [-0.39, 0.29) is 17.5 Å². The first-order valence-corrected chi connectivity index (χ1v) is 15.3. The molecule has 9 nitrogen and oxygen atoms in total. The van der Waals surface area contributed by atoms with E-state index in [2.05, 4.69) is 21.2 Å². The number of anilines is 1. The molecule has 3 aromatic rings. The van der Waals surface area contributed by atoms with E-state index < -0.39 is 15.4 Å². The second-order valence-electron chi connectivity index (χ2n) is 11.1. The number of unbranched alkanes of at least 4 members (excludes halogenated alkanes) is 1. The van der Waals surface area contributed by atoms with Gasteiger partial charge in [-0.3, -0.25) is 4.79 Å². The number of pyridine rings is 1. The van der Waals surface area contributed by atoms with Crippen molar-refractivity contribution in [3.05, 3.63) is 30.1 Å². The lowest BCUT2D eigenvalue weighted by molar-refractivity contribution is -0.134. The maximum atomic E-state index is 13.0. The molecular weight excluding hydrogens is 502 g/mol. The molecule has 3 N–H and O–H groups in total. The zero-order chi connectivity index (χ0) is 27.5. The molecule has 4 rings (SSSR count). The largest absolute Gasteiger partial charge is 0.384 e. The second-order valence-corrected chi connectivity index (χ2v) is 12.9. The summed E-state index contributed by atoms with van der Waals surface area (Å²) in [6.45, 7) is 7.51. The van der Waals surface area contributed by atoms with Crippen LogP contribution in [0.5, 0.6) is 0 Å². The molecule has 0 saturated heterocycles. The van der Waals surface area contributed by atoms with Gasteiger partial charge in [0, 0.05) is 43.8 Å². The summed E-state index contributed by atoms with van der Waals surface area (Å²) in [5, 5.41) is 0.985. The number of carbonyl (C=O) groups excluding carboxylic acids is 1. The number of aryl methyl sites for hydroxylation is 1. The summed E-state index contributed by atoms with van der Waals surface area (Å²) >= 11 is 0. The van der Waals surface area contributed by atoms with Gasteiger partial charge in [0.15, 0.2) is 5.82 Å². The van der Waals surface area contributed by atoms with Crippen LogP contribution in [-0.2, 0) is 32.5 Å². The first-order chi connectivity index (χ1) is 18.1. The maximum absolute atomic E-state index is 13.0. The fraction of sp³-hybridized carbons (Fsp3) is 0.607. The number of hydrogen-bond acceptors (Lipinski definition) is 7. The number of benzene rings is 1. The smallest absolute Gasteiger partial charge is 0.212 e. The number of hydrogen-bond donors (Lipinski definition) is 2. The Morgan fingerprint density at radius 3 is 2.71 bits per heavy atom. The van der Waals surface area contributed by atoms with E-state index in [1.165, 1.54) is 0 Å². The van der Waals surface area contributed by atoms with Gasteiger partial charge in [0.1, 0.15) is 17.1 Å². The summed E-state index contributed by atoms with van der Waals surface area (Å²) in [6, 6.07) is 7.87. The molecule has 2 atom stereocenters. The summed E-state index contributed by atoms with van der Waals surface area (Å²) in [5.41, 5.74) is 7.92. The van der Waals surface area contributed by atoms with Crippen LogP contribution >= 0.6 is 0 Å². The molecule has 1 unspecified atom stereocenters. The Morgan fingerprint density at radius 1 is 1.24 bits per heavy atom. The number of aromatic nitrogens is 3. The molecule has 0 spiro atoms. The van der Waals surface area contributed by atoms with E-state index in [9.17, 15) is 13.2 Å². The van der Waals surface area contributed by atoms with Gasteiger partial charge in [-0.2, -0.15) is 0 Å². The number of sulfonamides is 1. The molecular formula is C28H41N5O4S. The number of nitrogens with one attached hydrogen (secondary N) is 1. The van der Waals surface area contributed by atoms with Crippen LogP contribution in [0.25, 0.3) is 21.9 Å². The highest BCUT2D eigenvalue weighted by Gasteiger charge is 2.47. The highest BCUT2D eigenvalue weighted by atomic mass is 32.2. The average Bonchev–Trinajstić information content (AvgIpc) is 3.23. The number of Topliss-reactive ketones (excluding diaryl/α,β-unsaturated/α-hetero) is 1. The van der Waals surface area contributed by atoms with Crippen LogP contribution in [0.4, 0.5) is 5.82 Å². The third kappa shape index (κ3) is 5.87. The lowest BCUT2D eigenvalue weighted by Gasteiger charge is -2.40. The number of fused-ring (bicyclic) bond motifs is 3. The molecule has 0 radical (unpaired) electrons. The van der Waals surface area contributed by atoms with Gasteiger partial charge in [0.2, 0.25) is 10.0 Å². The number of ether oxygens (including phenoxy) is 1. The quantitative estimate of drug-likeness (QED) is 0.329. The molecule has 1 aliphatic rings. The molecule has 2 aromatic heterocycles. The Bertz CT molecular complexity index is 1400. The SMILES string of the molecule is COCCc1nc2c(N)nc3ccccc3c2n1CCCCNS(=O)(=O)C[C@]1(C(C)C)CCC(C)CC1=O. The molecule has 1 aliphatic carbocycles. The van der Waals surface area contributed by atoms with Crippen molar-refractivity contribution in [1.82, 2.24) is 19.3 Å². The number of rotatable bonds is 12. The van der Waals surface area contributed by atoms with E-state index in [0.717, 1.165) is 35.1 Å². The van der Waals surface area contributed by atoms with Gasteiger partial charge in [-0.1, -0.05) is 39.0 Å². The minimum Gasteiger partial charge on any atom is -0.384 e. The van der Waals surface area contributed by atoms with Gasteiger partial charge in [0.25, 0.3) is 0 Å². The minimum absolute atomic E-state index is 0.0177. The van der Waals surface area contributed by atoms with Crippen molar-refractivity contribution in [1.29, 1.82) is 0 Å². The average molecular weight is 544 g/mol. The molecule has 38 heavy (non-hydrogen) atoms. The molecule has 2 heterocycles. The Balaban J connectivity index is 1.45. The van der Waals surface area contributed by atoms with E-state index in [1.807, 2.05) is 38.1 Å². The molecule has 0 bridgehead atoms. The van der Waals surface area contributed by atoms with Crippen LogP contribution in [0, 0.1) is 17.3 Å². The molecule has 0 amide bonds. The van der Waals surface area contributed by atoms with Gasteiger partial charge < -0.3 is 15.0 Å². The third-order valence-electron chi connectivity index (χ3n) is 8.07. The van der Waals surface area contributed by atoms with E-state index >= 15 is 0 Å². The van der Waals surface area contributed by atoms with Crippen molar-refractivity contribution in [2.45, 2.75) is 65.8 Å². The summed E-state index contributed by atoms with van der Waals surface area (Å²) in [6.07, 6.45) is 4.02. The lowest BCUT2D eigenvalue weighted by atomic mass is 9.65. The standard InChI is InChI=1S/C28H41N5O4S/c1-19(2)28(13-11-20(3)17-23(28)34)18-38(35,36)30-14-7-8-15-33-24(12-16-37-4)32-25-26(33)21-9-5-6-10-22(21)31-27(25)29/h5-6,9-10,19-20,30H,7-8,11-18H2,1-4H3,(H2,29,31)/t20?,28-/m0/s1. The van der Waals surface area contributed by atoms with Crippen LogP contribution < -0.4 is 10.5 Å². The number of carbonyl (C=O) groups is 1. The summed E-state index contributed by atoms with van der Waals surface area (Å²) in [7, 11) is -1.93. The predicted molar refractivity (Wildman–Crippen MR) is 151 cm³/mol. The molecule has 10 heteroatoms. The normalized spacial score (nSPS) is 20.7. The summed E-state index contributed by atoms with van der Waals surface area (Å²) < 4.78 is 36.3. The number of methoxy groups -OCH3 is 1. The van der Waals surface area contributed by atoms with Gasteiger partial charge in [0.05, 0.1) is 23.4 Å². The van der Waals surface area contributed by atoms with Crippen molar-refractivity contribution in [2.75, 3.05) is 31.7 Å². The molecule has 1 aromatic carbocycles. The number of ketones is 1. The Hall–Kier alpha value is -2.56. The van der Waals surface area contributed by atoms with Gasteiger partial charge in [-0.15, -0.1) is 0 Å². The van der Waals surface area contributed by atoms with E-state index in [4.69, 9.17) is 15.5 Å². The Kier molecular flexibility index (Phi) is 8.74. The van der Waals surface area contributed by atoms with Crippen LogP contribution in [0.2, 0.25) is 0 Å². The highest BCUT2D eigenvalue weighted by Crippen LogP contribution is 2.42. The van der Waals surface area contributed by atoms with Crippen molar-refractivity contribution >= 4 is 43.6 Å².